The molecule has 0 radical (unpaired) electrons. The molecule has 0 aliphatic heterocycles. The van der Waals surface area contributed by atoms with Crippen LogP contribution in [-0.2, 0) is 4.74 Å². The summed E-state index contributed by atoms with van der Waals surface area (Å²) in [6, 6.07) is 5.19. The minimum atomic E-state index is -0.514. The maximum atomic E-state index is 11.0. The molecule has 1 rings (SSSR count). The van der Waals surface area contributed by atoms with Crippen molar-refractivity contribution in [2.75, 3.05) is 31.7 Å². The van der Waals surface area contributed by atoms with Gasteiger partial charge in [0, 0.05) is 20.2 Å². The Morgan fingerprint density at radius 3 is 2.94 bits per heavy atom. The molecule has 0 aliphatic carbocycles. The van der Waals surface area contributed by atoms with E-state index < -0.39 is 5.91 Å². The lowest BCUT2D eigenvalue weighted by atomic mass is 10.3. The number of likely N-dealkylation sites (N-methyl/N-ethyl adjacent to an activating group) is 1. The molecule has 0 aromatic carbocycles. The van der Waals surface area contributed by atoms with Crippen molar-refractivity contribution in [3.63, 3.8) is 0 Å². The van der Waals surface area contributed by atoms with E-state index in [4.69, 9.17) is 10.5 Å². The van der Waals surface area contributed by atoms with Crippen molar-refractivity contribution in [1.82, 2.24) is 4.98 Å². The molecule has 1 amide bonds. The van der Waals surface area contributed by atoms with E-state index in [-0.39, 0.29) is 5.69 Å². The Morgan fingerprint density at radius 2 is 2.31 bits per heavy atom. The fraction of sp³-hybridized carbons (Fsp3) is 0.455. The summed E-state index contributed by atoms with van der Waals surface area (Å²) in [7, 11) is 1.89. The van der Waals surface area contributed by atoms with Gasteiger partial charge in [-0.25, -0.2) is 4.98 Å². The fourth-order valence-corrected chi connectivity index (χ4v) is 1.23. The van der Waals surface area contributed by atoms with Gasteiger partial charge in [0.05, 0.1) is 6.61 Å². The molecule has 2 N–H and O–H groups in total. The van der Waals surface area contributed by atoms with Gasteiger partial charge < -0.3 is 15.4 Å². The van der Waals surface area contributed by atoms with Gasteiger partial charge in [0.1, 0.15) is 11.5 Å². The van der Waals surface area contributed by atoms with Crippen LogP contribution in [0.3, 0.4) is 0 Å². The number of nitrogens with two attached hydrogens (primary N) is 1. The first-order chi connectivity index (χ1) is 7.65. The highest BCUT2D eigenvalue weighted by Gasteiger charge is 2.06. The molecule has 1 aromatic rings. The van der Waals surface area contributed by atoms with Crippen molar-refractivity contribution in [3.8, 4) is 0 Å². The van der Waals surface area contributed by atoms with Crippen LogP contribution in [0.2, 0.25) is 0 Å². The molecule has 0 saturated carbocycles. The third-order valence-corrected chi connectivity index (χ3v) is 2.15. The number of anilines is 1. The van der Waals surface area contributed by atoms with Crippen LogP contribution in [0, 0.1) is 0 Å². The summed E-state index contributed by atoms with van der Waals surface area (Å²) in [6.07, 6.45) is 0. The highest BCUT2D eigenvalue weighted by atomic mass is 16.5. The van der Waals surface area contributed by atoms with Crippen LogP contribution in [0.5, 0.6) is 0 Å². The van der Waals surface area contributed by atoms with Gasteiger partial charge in [0.15, 0.2) is 0 Å². The number of ether oxygens (including phenoxy) is 1. The minimum absolute atomic E-state index is 0.278. The smallest absolute Gasteiger partial charge is 0.267 e. The second-order valence-corrected chi connectivity index (χ2v) is 3.36. The number of pyridine rings is 1. The van der Waals surface area contributed by atoms with Crippen LogP contribution in [-0.4, -0.2) is 37.7 Å². The van der Waals surface area contributed by atoms with Gasteiger partial charge in [-0.15, -0.1) is 0 Å². The molecule has 16 heavy (non-hydrogen) atoms. The average molecular weight is 223 g/mol. The number of hydrogen-bond donors (Lipinski definition) is 1. The quantitative estimate of drug-likeness (QED) is 0.719. The highest BCUT2D eigenvalue weighted by Crippen LogP contribution is 2.08. The first-order valence-electron chi connectivity index (χ1n) is 5.21. The summed E-state index contributed by atoms with van der Waals surface area (Å²) < 4.78 is 5.24. The normalized spacial score (nSPS) is 10.1. The molecule has 0 spiro atoms. The summed E-state index contributed by atoms with van der Waals surface area (Å²) >= 11 is 0. The number of hydrogen-bond acceptors (Lipinski definition) is 4. The molecule has 0 unspecified atom stereocenters. The number of rotatable bonds is 6. The van der Waals surface area contributed by atoms with E-state index in [0.717, 1.165) is 12.4 Å². The second-order valence-electron chi connectivity index (χ2n) is 3.36. The van der Waals surface area contributed by atoms with Crippen molar-refractivity contribution in [2.45, 2.75) is 6.92 Å². The van der Waals surface area contributed by atoms with Gasteiger partial charge in [-0.3, -0.25) is 4.79 Å². The molecule has 0 saturated heterocycles. The van der Waals surface area contributed by atoms with Crippen LogP contribution in [0.15, 0.2) is 18.2 Å². The summed E-state index contributed by atoms with van der Waals surface area (Å²) in [5.41, 5.74) is 5.44. The third-order valence-electron chi connectivity index (χ3n) is 2.15. The molecular weight excluding hydrogens is 206 g/mol. The number of aromatic nitrogens is 1. The van der Waals surface area contributed by atoms with Crippen LogP contribution in [0.4, 0.5) is 5.82 Å². The Balaban J connectivity index is 2.64. The second kappa shape index (κ2) is 6.07. The predicted octanol–water partition coefficient (Wildman–Crippen LogP) is 0.653. The zero-order valence-corrected chi connectivity index (χ0v) is 9.64. The summed E-state index contributed by atoms with van der Waals surface area (Å²) in [4.78, 5) is 17.0. The maximum Gasteiger partial charge on any atom is 0.267 e. The van der Waals surface area contributed by atoms with Crippen LogP contribution in [0.1, 0.15) is 17.4 Å². The average Bonchev–Trinajstić information content (AvgIpc) is 2.29. The van der Waals surface area contributed by atoms with Crippen LogP contribution >= 0.6 is 0 Å². The zero-order chi connectivity index (χ0) is 12.0. The van der Waals surface area contributed by atoms with Crippen molar-refractivity contribution in [1.29, 1.82) is 0 Å². The van der Waals surface area contributed by atoms with E-state index >= 15 is 0 Å². The fourth-order valence-electron chi connectivity index (χ4n) is 1.23. The molecule has 0 bridgehead atoms. The monoisotopic (exact) mass is 223 g/mol. The molecule has 0 fully saturated rings. The van der Waals surface area contributed by atoms with Crippen LogP contribution < -0.4 is 10.6 Å². The topological polar surface area (TPSA) is 68.5 Å². The molecular formula is C11H17N3O2. The number of nitrogens with zero attached hydrogens (tertiary/aromatic N) is 2. The first-order valence-corrected chi connectivity index (χ1v) is 5.21. The van der Waals surface area contributed by atoms with E-state index in [9.17, 15) is 4.79 Å². The molecule has 1 aromatic heterocycles. The van der Waals surface area contributed by atoms with Gasteiger partial charge in [-0.2, -0.15) is 0 Å². The standard InChI is InChI=1S/C11H17N3O2/c1-3-16-8-7-14(2)10-6-4-5-9(13-10)11(12)15/h4-6H,3,7-8H2,1-2H3,(H2,12,15). The Hall–Kier alpha value is -1.62. The predicted molar refractivity (Wildman–Crippen MR) is 62.5 cm³/mol. The lowest BCUT2D eigenvalue weighted by Crippen LogP contribution is -2.24. The lowest BCUT2D eigenvalue weighted by molar-refractivity contribution is 0.0995. The van der Waals surface area contributed by atoms with E-state index in [1.807, 2.05) is 24.9 Å². The van der Waals surface area contributed by atoms with Gasteiger partial charge >= 0.3 is 0 Å². The largest absolute Gasteiger partial charge is 0.380 e. The van der Waals surface area contributed by atoms with Crippen molar-refractivity contribution in [3.05, 3.63) is 23.9 Å². The van der Waals surface area contributed by atoms with E-state index in [1.165, 1.54) is 0 Å². The lowest BCUT2D eigenvalue weighted by Gasteiger charge is -2.18. The summed E-state index contributed by atoms with van der Waals surface area (Å²) in [5.74, 6) is 0.205. The molecule has 1 heterocycles. The molecule has 0 aliphatic rings. The van der Waals surface area contributed by atoms with Crippen LogP contribution in [0.25, 0.3) is 0 Å². The van der Waals surface area contributed by atoms with Gasteiger partial charge in [-0.1, -0.05) is 6.07 Å². The third kappa shape index (κ3) is 3.51. The summed E-state index contributed by atoms with van der Waals surface area (Å²) in [5, 5.41) is 0. The number of carbonyl (C=O) groups excluding carboxylic acids is 1. The SMILES string of the molecule is CCOCCN(C)c1cccc(C(N)=O)n1. The Kier molecular flexibility index (Phi) is 4.72. The summed E-state index contributed by atoms with van der Waals surface area (Å²) in [6.45, 7) is 4.01. The van der Waals surface area contributed by atoms with Gasteiger partial charge in [-0.05, 0) is 19.1 Å². The molecule has 5 heteroatoms. The number of carbonyl (C=O) groups is 1. The molecule has 5 nitrogen and oxygen atoms in total. The Morgan fingerprint density at radius 1 is 1.56 bits per heavy atom. The van der Waals surface area contributed by atoms with E-state index in [2.05, 4.69) is 4.98 Å². The molecule has 88 valence electrons. The zero-order valence-electron chi connectivity index (χ0n) is 9.64. The minimum Gasteiger partial charge on any atom is -0.380 e. The number of amides is 1. The number of primary amides is 1. The van der Waals surface area contributed by atoms with Crippen molar-refractivity contribution >= 4 is 11.7 Å². The van der Waals surface area contributed by atoms with Gasteiger partial charge in [0.2, 0.25) is 0 Å². The first kappa shape index (κ1) is 12.4. The van der Waals surface area contributed by atoms with Crippen molar-refractivity contribution < 1.29 is 9.53 Å². The molecule has 0 atom stereocenters. The maximum absolute atomic E-state index is 11.0. The van der Waals surface area contributed by atoms with Gasteiger partial charge in [0.25, 0.3) is 5.91 Å². The highest BCUT2D eigenvalue weighted by molar-refractivity contribution is 5.91. The Bertz CT molecular complexity index is 355. The van der Waals surface area contributed by atoms with Crippen molar-refractivity contribution in [2.24, 2.45) is 5.73 Å². The van der Waals surface area contributed by atoms with E-state index in [1.54, 1.807) is 12.1 Å². The Labute approximate surface area is 95.2 Å². The van der Waals surface area contributed by atoms with E-state index in [0.29, 0.717) is 13.2 Å².